The number of hydrogen-bond donors (Lipinski definition) is 0. The van der Waals surface area contributed by atoms with E-state index in [1.807, 2.05) is 30.3 Å². The van der Waals surface area contributed by atoms with Gasteiger partial charge in [0.1, 0.15) is 5.75 Å². The predicted molar refractivity (Wildman–Crippen MR) is 84.3 cm³/mol. The predicted octanol–water partition coefficient (Wildman–Crippen LogP) is 6.03. The summed E-state index contributed by atoms with van der Waals surface area (Å²) in [6.45, 7) is 4.35. The van der Waals surface area contributed by atoms with Gasteiger partial charge in [-0.1, -0.05) is 54.0 Å². The molecule has 106 valence electrons. The molecule has 0 saturated carbocycles. The molecule has 0 N–H and O–H groups in total. The van der Waals surface area contributed by atoms with Crippen molar-refractivity contribution in [2.45, 2.75) is 31.5 Å². The molecule has 0 aliphatic rings. The molecular formula is C17H18BrFO. The van der Waals surface area contributed by atoms with Crippen molar-refractivity contribution in [3.05, 3.63) is 59.4 Å². The van der Waals surface area contributed by atoms with E-state index in [1.165, 1.54) is 11.6 Å². The largest absolute Gasteiger partial charge is 0.454 e. The average Bonchev–Trinajstić information content (AvgIpc) is 2.49. The number of rotatable bonds is 5. The van der Waals surface area contributed by atoms with Gasteiger partial charge in [-0.05, 0) is 36.1 Å². The summed E-state index contributed by atoms with van der Waals surface area (Å²) in [7, 11) is 0. The van der Waals surface area contributed by atoms with Gasteiger partial charge in [0.15, 0.2) is 11.6 Å². The first-order valence-corrected chi connectivity index (χ1v) is 7.89. The fourth-order valence-electron chi connectivity index (χ4n) is 1.99. The van der Waals surface area contributed by atoms with E-state index in [-0.39, 0.29) is 5.82 Å². The molecule has 0 bridgehead atoms. The van der Waals surface area contributed by atoms with Crippen molar-refractivity contribution in [3.63, 3.8) is 0 Å². The van der Waals surface area contributed by atoms with Gasteiger partial charge in [-0.25, -0.2) is 4.39 Å². The molecule has 1 atom stereocenters. The lowest BCUT2D eigenvalue weighted by Gasteiger charge is -2.12. The molecule has 0 spiro atoms. The molecule has 0 radical (unpaired) electrons. The monoisotopic (exact) mass is 336 g/mol. The van der Waals surface area contributed by atoms with Crippen LogP contribution in [0.3, 0.4) is 0 Å². The van der Waals surface area contributed by atoms with Crippen molar-refractivity contribution in [2.75, 3.05) is 0 Å². The maximum absolute atomic E-state index is 13.8. The highest BCUT2D eigenvalue weighted by Gasteiger charge is 2.10. The Hall–Kier alpha value is -1.35. The first-order valence-electron chi connectivity index (χ1n) is 6.76. The van der Waals surface area contributed by atoms with E-state index < -0.39 is 0 Å². The summed E-state index contributed by atoms with van der Waals surface area (Å²) in [6, 6.07) is 12.8. The number of ether oxygens (including phenoxy) is 1. The van der Waals surface area contributed by atoms with E-state index in [4.69, 9.17) is 4.74 Å². The van der Waals surface area contributed by atoms with E-state index in [0.29, 0.717) is 22.7 Å². The Morgan fingerprint density at radius 1 is 1.15 bits per heavy atom. The second kappa shape index (κ2) is 6.89. The zero-order chi connectivity index (χ0) is 14.5. The standard InChI is InChI=1S/C17H18BrFO/c1-3-12(2)13-7-9-15(10-8-13)20-17-14(11-18)5-4-6-16(17)19/h4-10,12H,3,11H2,1-2H3. The van der Waals surface area contributed by atoms with Crippen molar-refractivity contribution in [1.29, 1.82) is 0 Å². The van der Waals surface area contributed by atoms with Gasteiger partial charge in [0.25, 0.3) is 0 Å². The van der Waals surface area contributed by atoms with Crippen LogP contribution in [0.15, 0.2) is 42.5 Å². The van der Waals surface area contributed by atoms with Crippen molar-refractivity contribution in [3.8, 4) is 11.5 Å². The summed E-state index contributed by atoms with van der Waals surface area (Å²) < 4.78 is 19.5. The Labute approximate surface area is 127 Å². The normalized spacial score (nSPS) is 12.2. The van der Waals surface area contributed by atoms with E-state index >= 15 is 0 Å². The quantitative estimate of drug-likeness (QED) is 0.606. The van der Waals surface area contributed by atoms with Gasteiger partial charge in [0, 0.05) is 10.9 Å². The van der Waals surface area contributed by atoms with Gasteiger partial charge in [-0.15, -0.1) is 0 Å². The first kappa shape index (κ1) is 15.0. The summed E-state index contributed by atoms with van der Waals surface area (Å²) >= 11 is 3.35. The zero-order valence-electron chi connectivity index (χ0n) is 11.7. The lowest BCUT2D eigenvalue weighted by molar-refractivity contribution is 0.438. The topological polar surface area (TPSA) is 9.23 Å². The third-order valence-electron chi connectivity index (χ3n) is 3.47. The number of benzene rings is 2. The van der Waals surface area contributed by atoms with E-state index in [9.17, 15) is 4.39 Å². The maximum atomic E-state index is 13.8. The summed E-state index contributed by atoms with van der Waals surface area (Å²) in [4.78, 5) is 0. The number of halogens is 2. The van der Waals surface area contributed by atoms with Crippen LogP contribution in [0.1, 0.15) is 37.3 Å². The van der Waals surface area contributed by atoms with Crippen molar-refractivity contribution < 1.29 is 9.13 Å². The van der Waals surface area contributed by atoms with Crippen LogP contribution in [0, 0.1) is 5.82 Å². The minimum Gasteiger partial charge on any atom is -0.454 e. The molecule has 2 rings (SSSR count). The highest BCUT2D eigenvalue weighted by Crippen LogP contribution is 2.30. The fraction of sp³-hybridized carbons (Fsp3) is 0.294. The molecule has 0 heterocycles. The highest BCUT2D eigenvalue weighted by atomic mass is 79.9. The Morgan fingerprint density at radius 2 is 1.85 bits per heavy atom. The van der Waals surface area contributed by atoms with Gasteiger partial charge in [0.05, 0.1) is 0 Å². The van der Waals surface area contributed by atoms with Gasteiger partial charge < -0.3 is 4.74 Å². The Kier molecular flexibility index (Phi) is 5.18. The summed E-state index contributed by atoms with van der Waals surface area (Å²) in [6.07, 6.45) is 1.10. The maximum Gasteiger partial charge on any atom is 0.167 e. The molecule has 1 unspecified atom stereocenters. The molecule has 2 aromatic rings. The van der Waals surface area contributed by atoms with Gasteiger partial charge in [0.2, 0.25) is 0 Å². The summed E-state index contributed by atoms with van der Waals surface area (Å²) in [5.41, 5.74) is 2.07. The van der Waals surface area contributed by atoms with Crippen molar-refractivity contribution in [2.24, 2.45) is 0 Å². The summed E-state index contributed by atoms with van der Waals surface area (Å²) in [5.74, 6) is 1.13. The molecule has 0 amide bonds. The van der Waals surface area contributed by atoms with Gasteiger partial charge >= 0.3 is 0 Å². The Morgan fingerprint density at radius 3 is 2.45 bits per heavy atom. The van der Waals surface area contributed by atoms with Crippen LogP contribution in [0.4, 0.5) is 4.39 Å². The number of para-hydroxylation sites is 1. The molecule has 0 saturated heterocycles. The van der Waals surface area contributed by atoms with Crippen LogP contribution in [0.5, 0.6) is 11.5 Å². The first-order chi connectivity index (χ1) is 9.65. The van der Waals surface area contributed by atoms with Crippen LogP contribution in [0.25, 0.3) is 0 Å². The molecule has 0 aromatic heterocycles. The Bertz CT molecular complexity index is 566. The Balaban J connectivity index is 2.22. The molecular weight excluding hydrogens is 319 g/mol. The zero-order valence-corrected chi connectivity index (χ0v) is 13.3. The molecule has 0 fully saturated rings. The van der Waals surface area contributed by atoms with Crippen molar-refractivity contribution >= 4 is 15.9 Å². The molecule has 1 nitrogen and oxygen atoms in total. The van der Waals surface area contributed by atoms with E-state index in [0.717, 1.165) is 12.0 Å². The SMILES string of the molecule is CCC(C)c1ccc(Oc2c(F)cccc2CBr)cc1. The molecule has 0 aliphatic carbocycles. The van der Waals surface area contributed by atoms with Crippen LogP contribution >= 0.6 is 15.9 Å². The second-order valence-corrected chi connectivity index (χ2v) is 5.40. The van der Waals surface area contributed by atoms with Crippen LogP contribution in [-0.2, 0) is 5.33 Å². The third kappa shape index (κ3) is 3.40. The van der Waals surface area contributed by atoms with Gasteiger partial charge in [-0.2, -0.15) is 0 Å². The van der Waals surface area contributed by atoms with Crippen LogP contribution in [0.2, 0.25) is 0 Å². The molecule has 20 heavy (non-hydrogen) atoms. The lowest BCUT2D eigenvalue weighted by atomic mass is 9.99. The average molecular weight is 337 g/mol. The summed E-state index contributed by atoms with van der Waals surface area (Å²) in [5, 5.41) is 0.561. The second-order valence-electron chi connectivity index (χ2n) is 4.84. The molecule has 3 heteroatoms. The van der Waals surface area contributed by atoms with Crippen LogP contribution < -0.4 is 4.74 Å². The molecule has 2 aromatic carbocycles. The number of alkyl halides is 1. The fourth-order valence-corrected chi connectivity index (χ4v) is 2.43. The lowest BCUT2D eigenvalue weighted by Crippen LogP contribution is -1.94. The van der Waals surface area contributed by atoms with Crippen LogP contribution in [-0.4, -0.2) is 0 Å². The minimum absolute atomic E-state index is 0.292. The van der Waals surface area contributed by atoms with Crippen molar-refractivity contribution in [1.82, 2.24) is 0 Å². The molecule has 0 aliphatic heterocycles. The van der Waals surface area contributed by atoms with E-state index in [1.54, 1.807) is 6.07 Å². The van der Waals surface area contributed by atoms with Gasteiger partial charge in [-0.3, -0.25) is 0 Å². The smallest absolute Gasteiger partial charge is 0.167 e. The third-order valence-corrected chi connectivity index (χ3v) is 4.08. The minimum atomic E-state index is -0.340. The number of hydrogen-bond acceptors (Lipinski definition) is 1. The van der Waals surface area contributed by atoms with E-state index in [2.05, 4.69) is 29.8 Å². The highest BCUT2D eigenvalue weighted by molar-refractivity contribution is 9.08.